The minimum atomic E-state index is -4.86. The minimum Gasteiger partial charge on any atom is -0.461 e. The summed E-state index contributed by atoms with van der Waals surface area (Å²) in [6, 6.07) is 12.7. The van der Waals surface area contributed by atoms with E-state index < -0.39 is 71.0 Å². The van der Waals surface area contributed by atoms with Crippen LogP contribution >= 0.6 is 11.8 Å². The molecule has 3 aromatic rings. The Morgan fingerprint density at radius 2 is 1.25 bits per heavy atom. The van der Waals surface area contributed by atoms with Crippen LogP contribution in [0.5, 0.6) is 0 Å². The molecule has 0 saturated heterocycles. The summed E-state index contributed by atoms with van der Waals surface area (Å²) in [5, 5.41) is 0. The summed E-state index contributed by atoms with van der Waals surface area (Å²) in [6.07, 6.45) is -9.72. The molecule has 1 aliphatic heterocycles. The Labute approximate surface area is 228 Å². The maximum absolute atomic E-state index is 13.7. The van der Waals surface area contributed by atoms with Gasteiger partial charge in [-0.2, -0.15) is 26.3 Å². The molecule has 1 heterocycles. The number of carbonyl (C=O) groups is 3. The van der Waals surface area contributed by atoms with Gasteiger partial charge < -0.3 is 9.47 Å². The number of thioether (sulfide) groups is 1. The number of fused-ring (bicyclic) bond motifs is 1. The van der Waals surface area contributed by atoms with Crippen molar-refractivity contribution in [3.05, 3.63) is 100 Å². The average Bonchev–Trinajstić information content (AvgIpc) is 2.91. The molecule has 0 saturated carbocycles. The van der Waals surface area contributed by atoms with E-state index in [0.29, 0.717) is 17.0 Å². The standard InChI is InChI=1S/C28H20F6O5S/c1-16-7-6-10-19-22(16)40-15-26(23(19)35,13-38-24(36)17-8-2-4-11-20(17)27(29,30)31)14-39-25(37)18-9-3-5-12-21(18)28(32,33)34/h2-12H,13-15H2,1H3. The number of rotatable bonds is 6. The van der Waals surface area contributed by atoms with E-state index in [1.165, 1.54) is 30.0 Å². The molecule has 5 nitrogen and oxygen atoms in total. The second-order valence-electron chi connectivity index (χ2n) is 9.09. The molecule has 0 spiro atoms. The predicted molar refractivity (Wildman–Crippen MR) is 132 cm³/mol. The largest absolute Gasteiger partial charge is 0.461 e. The Hall–Kier alpha value is -3.80. The lowest BCUT2D eigenvalue weighted by Gasteiger charge is -2.35. The van der Waals surface area contributed by atoms with E-state index in [1.807, 2.05) is 0 Å². The van der Waals surface area contributed by atoms with E-state index in [-0.39, 0.29) is 11.3 Å². The van der Waals surface area contributed by atoms with Crippen molar-refractivity contribution in [1.29, 1.82) is 0 Å². The van der Waals surface area contributed by atoms with Crippen LogP contribution in [0.2, 0.25) is 0 Å². The number of Topliss-reactive ketones (excluding diaryl/α,β-unsaturated/α-hetero) is 1. The third-order valence-electron chi connectivity index (χ3n) is 6.29. The van der Waals surface area contributed by atoms with Crippen LogP contribution in [0.15, 0.2) is 71.6 Å². The minimum absolute atomic E-state index is 0.119. The fourth-order valence-corrected chi connectivity index (χ4v) is 5.55. The number of hydrogen-bond acceptors (Lipinski definition) is 6. The van der Waals surface area contributed by atoms with Gasteiger partial charge in [0.2, 0.25) is 0 Å². The zero-order valence-electron chi connectivity index (χ0n) is 20.7. The first kappa shape index (κ1) is 29.2. The monoisotopic (exact) mass is 582 g/mol. The van der Waals surface area contributed by atoms with Gasteiger partial charge in [0.05, 0.1) is 22.3 Å². The highest BCUT2D eigenvalue weighted by Crippen LogP contribution is 2.43. The molecule has 0 bridgehead atoms. The fourth-order valence-electron chi connectivity index (χ4n) is 4.22. The number of alkyl halides is 6. The number of ether oxygens (including phenoxy) is 2. The van der Waals surface area contributed by atoms with Gasteiger partial charge in [0.15, 0.2) is 5.78 Å². The van der Waals surface area contributed by atoms with Gasteiger partial charge in [-0.3, -0.25) is 4.79 Å². The first-order chi connectivity index (χ1) is 18.7. The lowest BCUT2D eigenvalue weighted by molar-refractivity contribution is -0.138. The van der Waals surface area contributed by atoms with Gasteiger partial charge in [0.1, 0.15) is 18.6 Å². The van der Waals surface area contributed by atoms with Gasteiger partial charge in [-0.25, -0.2) is 9.59 Å². The Kier molecular flexibility index (Phi) is 8.02. The third-order valence-corrected chi connectivity index (χ3v) is 7.82. The van der Waals surface area contributed by atoms with Crippen LogP contribution in [0, 0.1) is 12.3 Å². The van der Waals surface area contributed by atoms with E-state index in [9.17, 15) is 40.7 Å². The molecule has 40 heavy (non-hydrogen) atoms. The van der Waals surface area contributed by atoms with Crippen molar-refractivity contribution in [3.8, 4) is 0 Å². The molecule has 210 valence electrons. The average molecular weight is 583 g/mol. The fraction of sp³-hybridized carbons (Fsp3) is 0.250. The van der Waals surface area contributed by atoms with Crippen LogP contribution in [0.3, 0.4) is 0 Å². The van der Waals surface area contributed by atoms with Crippen LogP contribution in [0.1, 0.15) is 47.8 Å². The van der Waals surface area contributed by atoms with Crippen molar-refractivity contribution in [2.75, 3.05) is 19.0 Å². The molecule has 0 amide bonds. The topological polar surface area (TPSA) is 69.7 Å². The smallest absolute Gasteiger partial charge is 0.417 e. The highest BCUT2D eigenvalue weighted by atomic mass is 32.2. The first-order valence-corrected chi connectivity index (χ1v) is 12.7. The quantitative estimate of drug-likeness (QED) is 0.230. The molecule has 12 heteroatoms. The van der Waals surface area contributed by atoms with Crippen LogP contribution < -0.4 is 0 Å². The molecule has 0 atom stereocenters. The molecule has 0 N–H and O–H groups in total. The van der Waals surface area contributed by atoms with Gasteiger partial charge in [-0.05, 0) is 36.8 Å². The van der Waals surface area contributed by atoms with E-state index in [2.05, 4.69) is 0 Å². The van der Waals surface area contributed by atoms with Crippen LogP contribution in [0.25, 0.3) is 0 Å². The lowest BCUT2D eigenvalue weighted by Crippen LogP contribution is -2.46. The van der Waals surface area contributed by atoms with Crippen molar-refractivity contribution in [1.82, 2.24) is 0 Å². The highest BCUT2D eigenvalue weighted by Gasteiger charge is 2.47. The van der Waals surface area contributed by atoms with Gasteiger partial charge in [-0.15, -0.1) is 11.8 Å². The maximum atomic E-state index is 13.7. The number of benzene rings is 3. The Morgan fingerprint density at radius 3 is 1.73 bits per heavy atom. The Balaban J connectivity index is 1.64. The molecular formula is C28H20F6O5S. The highest BCUT2D eigenvalue weighted by molar-refractivity contribution is 7.99. The van der Waals surface area contributed by atoms with E-state index in [0.717, 1.165) is 29.8 Å². The summed E-state index contributed by atoms with van der Waals surface area (Å²) < 4.78 is 91.0. The van der Waals surface area contributed by atoms with Crippen molar-refractivity contribution < 1.29 is 50.2 Å². The number of halogens is 6. The molecule has 1 aliphatic rings. The number of ketones is 1. The normalized spacial score (nSPS) is 14.8. The zero-order chi connectivity index (χ0) is 29.3. The summed E-state index contributed by atoms with van der Waals surface area (Å²) in [5.74, 6) is -3.48. The van der Waals surface area contributed by atoms with Gasteiger partial charge in [0.25, 0.3) is 0 Å². The number of aryl methyl sites for hydroxylation is 1. The third kappa shape index (κ3) is 5.86. The summed E-state index contributed by atoms with van der Waals surface area (Å²) in [6.45, 7) is 0.186. The summed E-state index contributed by atoms with van der Waals surface area (Å²) in [4.78, 5) is 39.8. The van der Waals surface area contributed by atoms with Crippen molar-refractivity contribution in [2.24, 2.45) is 5.41 Å². The molecule has 0 unspecified atom stereocenters. The van der Waals surface area contributed by atoms with Crippen LogP contribution in [-0.4, -0.2) is 36.7 Å². The summed E-state index contributed by atoms with van der Waals surface area (Å²) in [7, 11) is 0. The van der Waals surface area contributed by atoms with Gasteiger partial charge >= 0.3 is 24.3 Å². The van der Waals surface area contributed by atoms with Crippen LogP contribution in [-0.2, 0) is 21.8 Å². The van der Waals surface area contributed by atoms with Gasteiger partial charge in [-0.1, -0.05) is 42.5 Å². The molecule has 0 aromatic heterocycles. The van der Waals surface area contributed by atoms with Crippen molar-refractivity contribution >= 4 is 29.5 Å². The number of carbonyl (C=O) groups excluding carboxylic acids is 3. The second kappa shape index (κ2) is 11.0. The molecular weight excluding hydrogens is 562 g/mol. The predicted octanol–water partition coefficient (Wildman–Crippen LogP) is 7.02. The second-order valence-corrected chi connectivity index (χ2v) is 10.1. The van der Waals surface area contributed by atoms with Crippen molar-refractivity contribution in [2.45, 2.75) is 24.2 Å². The molecule has 0 aliphatic carbocycles. The van der Waals surface area contributed by atoms with Crippen molar-refractivity contribution in [3.63, 3.8) is 0 Å². The van der Waals surface area contributed by atoms with Gasteiger partial charge in [0, 0.05) is 16.2 Å². The molecule has 4 rings (SSSR count). The number of esters is 2. The van der Waals surface area contributed by atoms with E-state index in [4.69, 9.17) is 9.47 Å². The Bertz CT molecular complexity index is 1390. The maximum Gasteiger partial charge on any atom is 0.417 e. The van der Waals surface area contributed by atoms with E-state index >= 15 is 0 Å². The summed E-state index contributed by atoms with van der Waals surface area (Å²) in [5.41, 5.74) is -4.87. The zero-order valence-corrected chi connectivity index (χ0v) is 21.5. The number of hydrogen-bond donors (Lipinski definition) is 0. The summed E-state index contributed by atoms with van der Waals surface area (Å²) >= 11 is 1.17. The van der Waals surface area contributed by atoms with Crippen LogP contribution in [0.4, 0.5) is 26.3 Å². The SMILES string of the molecule is Cc1cccc2c1SCC(COC(=O)c1ccccc1C(F)(F)F)(COC(=O)c1ccccc1C(F)(F)F)C2=O. The molecule has 0 radical (unpaired) electrons. The Morgan fingerprint density at radius 1 is 0.775 bits per heavy atom. The molecule has 3 aromatic carbocycles. The molecule has 0 fully saturated rings. The lowest BCUT2D eigenvalue weighted by atomic mass is 9.82. The van der Waals surface area contributed by atoms with E-state index in [1.54, 1.807) is 19.1 Å². The first-order valence-electron chi connectivity index (χ1n) is 11.7.